The molecule has 1 aliphatic carbocycles. The van der Waals surface area contributed by atoms with Crippen molar-refractivity contribution in [2.45, 2.75) is 25.8 Å². The maximum absolute atomic E-state index is 11.6. The molecule has 98 valence electrons. The molecule has 0 radical (unpaired) electrons. The average molecular weight is 258 g/mol. The molecular weight excluding hydrogens is 244 g/mol. The molecule has 1 aromatic heterocycles. The number of benzene rings is 1. The molecular formula is C13H14N4O2. The molecule has 1 aromatic carbocycles. The van der Waals surface area contributed by atoms with Crippen molar-refractivity contribution in [1.82, 2.24) is 15.5 Å². The maximum Gasteiger partial charge on any atom is 0.319 e. The zero-order valence-electron chi connectivity index (χ0n) is 10.5. The van der Waals surface area contributed by atoms with Crippen molar-refractivity contribution in [2.24, 2.45) is 0 Å². The molecule has 3 rings (SSSR count). The number of hydrogen-bond acceptors (Lipinski definition) is 4. The molecule has 2 amide bonds. The van der Waals surface area contributed by atoms with E-state index in [1.54, 1.807) is 6.92 Å². The Hall–Kier alpha value is -2.37. The first-order chi connectivity index (χ1) is 9.20. The summed E-state index contributed by atoms with van der Waals surface area (Å²) in [6.07, 6.45) is 2.13. The Bertz CT molecular complexity index is 604. The fourth-order valence-corrected chi connectivity index (χ4v) is 1.73. The van der Waals surface area contributed by atoms with Gasteiger partial charge in [0.1, 0.15) is 0 Å². The second-order valence-electron chi connectivity index (χ2n) is 4.59. The fourth-order valence-electron chi connectivity index (χ4n) is 1.73. The van der Waals surface area contributed by atoms with E-state index < -0.39 is 0 Å². The van der Waals surface area contributed by atoms with Crippen LogP contribution in [0.25, 0.3) is 11.4 Å². The van der Waals surface area contributed by atoms with Gasteiger partial charge in [0.25, 0.3) is 0 Å². The fraction of sp³-hybridized carbons (Fsp3) is 0.308. The predicted molar refractivity (Wildman–Crippen MR) is 69.6 cm³/mol. The first kappa shape index (κ1) is 11.7. The lowest BCUT2D eigenvalue weighted by Crippen LogP contribution is -2.30. The van der Waals surface area contributed by atoms with Crippen molar-refractivity contribution >= 4 is 11.7 Å². The summed E-state index contributed by atoms with van der Waals surface area (Å²) in [5.41, 5.74) is 1.51. The highest BCUT2D eigenvalue weighted by Crippen LogP contribution is 2.21. The number of aromatic nitrogens is 2. The molecule has 0 aliphatic heterocycles. The zero-order chi connectivity index (χ0) is 13.2. The minimum Gasteiger partial charge on any atom is -0.339 e. The molecule has 19 heavy (non-hydrogen) atoms. The smallest absolute Gasteiger partial charge is 0.319 e. The van der Waals surface area contributed by atoms with Gasteiger partial charge in [-0.25, -0.2) is 4.79 Å². The average Bonchev–Trinajstić information content (AvgIpc) is 3.08. The summed E-state index contributed by atoms with van der Waals surface area (Å²) in [7, 11) is 0. The summed E-state index contributed by atoms with van der Waals surface area (Å²) in [5.74, 6) is 1.03. The standard InChI is InChI=1S/C13H14N4O2/c1-8-14-12(17-19-8)9-3-2-4-11(7-9)16-13(18)15-10-5-6-10/h2-4,7,10H,5-6H2,1H3,(H2,15,16,18). The second-order valence-corrected chi connectivity index (χ2v) is 4.59. The molecule has 6 heteroatoms. The quantitative estimate of drug-likeness (QED) is 0.885. The van der Waals surface area contributed by atoms with Crippen LogP contribution < -0.4 is 10.6 Å². The van der Waals surface area contributed by atoms with Crippen LogP contribution in [0, 0.1) is 6.92 Å². The lowest BCUT2D eigenvalue weighted by atomic mass is 10.2. The first-order valence-corrected chi connectivity index (χ1v) is 6.19. The molecule has 1 fully saturated rings. The summed E-state index contributed by atoms with van der Waals surface area (Å²) in [6, 6.07) is 7.51. The first-order valence-electron chi connectivity index (χ1n) is 6.19. The molecule has 0 saturated heterocycles. The van der Waals surface area contributed by atoms with E-state index in [1.807, 2.05) is 24.3 Å². The number of aryl methyl sites for hydroxylation is 1. The molecule has 2 aromatic rings. The monoisotopic (exact) mass is 258 g/mol. The summed E-state index contributed by atoms with van der Waals surface area (Å²) in [4.78, 5) is 15.8. The minimum absolute atomic E-state index is 0.177. The Morgan fingerprint density at radius 3 is 2.95 bits per heavy atom. The molecule has 0 unspecified atom stereocenters. The molecule has 0 atom stereocenters. The van der Waals surface area contributed by atoms with E-state index in [-0.39, 0.29) is 6.03 Å². The SMILES string of the molecule is Cc1nc(-c2cccc(NC(=O)NC3CC3)c2)no1. The third-order valence-electron chi connectivity index (χ3n) is 2.82. The number of urea groups is 1. The van der Waals surface area contributed by atoms with Gasteiger partial charge in [0, 0.05) is 24.2 Å². The zero-order valence-corrected chi connectivity index (χ0v) is 10.5. The highest BCUT2D eigenvalue weighted by Gasteiger charge is 2.23. The topological polar surface area (TPSA) is 80.0 Å². The normalized spacial score (nSPS) is 14.2. The van der Waals surface area contributed by atoms with Gasteiger partial charge in [-0.1, -0.05) is 17.3 Å². The van der Waals surface area contributed by atoms with E-state index in [2.05, 4.69) is 20.8 Å². The number of amides is 2. The summed E-state index contributed by atoms with van der Waals surface area (Å²) in [6.45, 7) is 1.74. The molecule has 1 aliphatic rings. The van der Waals surface area contributed by atoms with E-state index in [0.717, 1.165) is 18.4 Å². The highest BCUT2D eigenvalue weighted by atomic mass is 16.5. The number of nitrogens with zero attached hydrogens (tertiary/aromatic N) is 2. The number of anilines is 1. The number of rotatable bonds is 3. The minimum atomic E-state index is -0.177. The van der Waals surface area contributed by atoms with Crippen molar-refractivity contribution in [3.05, 3.63) is 30.2 Å². The van der Waals surface area contributed by atoms with Gasteiger partial charge in [-0.15, -0.1) is 0 Å². The third-order valence-corrected chi connectivity index (χ3v) is 2.82. The summed E-state index contributed by atoms with van der Waals surface area (Å²) in [5, 5.41) is 9.51. The van der Waals surface area contributed by atoms with Gasteiger partial charge >= 0.3 is 6.03 Å². The van der Waals surface area contributed by atoms with Crippen LogP contribution in [0.3, 0.4) is 0 Å². The summed E-state index contributed by atoms with van der Waals surface area (Å²) < 4.78 is 4.94. The van der Waals surface area contributed by atoms with E-state index in [1.165, 1.54) is 0 Å². The van der Waals surface area contributed by atoms with E-state index in [0.29, 0.717) is 23.4 Å². The van der Waals surface area contributed by atoms with Gasteiger partial charge in [0.05, 0.1) is 0 Å². The second kappa shape index (κ2) is 4.72. The third kappa shape index (κ3) is 2.90. The lowest BCUT2D eigenvalue weighted by molar-refractivity contribution is 0.251. The maximum atomic E-state index is 11.6. The molecule has 1 saturated carbocycles. The Labute approximate surface area is 110 Å². The van der Waals surface area contributed by atoms with Crippen molar-refractivity contribution in [3.8, 4) is 11.4 Å². The van der Waals surface area contributed by atoms with Crippen LogP contribution in [0.2, 0.25) is 0 Å². The predicted octanol–water partition coefficient (Wildman–Crippen LogP) is 2.33. The Kier molecular flexibility index (Phi) is 2.91. The van der Waals surface area contributed by atoms with Crippen molar-refractivity contribution in [3.63, 3.8) is 0 Å². The van der Waals surface area contributed by atoms with E-state index in [4.69, 9.17) is 4.52 Å². The number of hydrogen-bond donors (Lipinski definition) is 2. The number of carbonyl (C=O) groups is 1. The Morgan fingerprint density at radius 2 is 2.26 bits per heavy atom. The Balaban J connectivity index is 1.73. The van der Waals surface area contributed by atoms with Crippen LogP contribution >= 0.6 is 0 Å². The molecule has 2 N–H and O–H groups in total. The molecule has 6 nitrogen and oxygen atoms in total. The number of nitrogens with one attached hydrogen (secondary N) is 2. The van der Waals surface area contributed by atoms with Crippen LogP contribution in [0.1, 0.15) is 18.7 Å². The van der Waals surface area contributed by atoms with Crippen LogP contribution in [-0.2, 0) is 0 Å². The largest absolute Gasteiger partial charge is 0.339 e. The molecule has 1 heterocycles. The van der Waals surface area contributed by atoms with Crippen LogP contribution in [0.5, 0.6) is 0 Å². The van der Waals surface area contributed by atoms with Gasteiger partial charge in [-0.2, -0.15) is 4.98 Å². The van der Waals surface area contributed by atoms with Crippen LogP contribution in [-0.4, -0.2) is 22.2 Å². The van der Waals surface area contributed by atoms with E-state index in [9.17, 15) is 4.79 Å². The van der Waals surface area contributed by atoms with E-state index >= 15 is 0 Å². The number of carbonyl (C=O) groups excluding carboxylic acids is 1. The van der Waals surface area contributed by atoms with Crippen LogP contribution in [0.4, 0.5) is 10.5 Å². The van der Waals surface area contributed by atoms with Gasteiger partial charge in [-0.05, 0) is 25.0 Å². The van der Waals surface area contributed by atoms with Gasteiger partial charge < -0.3 is 15.2 Å². The Morgan fingerprint density at radius 1 is 1.42 bits per heavy atom. The molecule has 0 spiro atoms. The van der Waals surface area contributed by atoms with Crippen LogP contribution in [0.15, 0.2) is 28.8 Å². The summed E-state index contributed by atoms with van der Waals surface area (Å²) >= 11 is 0. The van der Waals surface area contributed by atoms with Gasteiger partial charge in [-0.3, -0.25) is 0 Å². The highest BCUT2D eigenvalue weighted by molar-refractivity contribution is 5.90. The van der Waals surface area contributed by atoms with Crippen molar-refractivity contribution in [2.75, 3.05) is 5.32 Å². The van der Waals surface area contributed by atoms with Gasteiger partial charge in [0.2, 0.25) is 11.7 Å². The van der Waals surface area contributed by atoms with Crippen molar-refractivity contribution < 1.29 is 9.32 Å². The van der Waals surface area contributed by atoms with Gasteiger partial charge in [0.15, 0.2) is 0 Å². The molecule has 0 bridgehead atoms. The lowest BCUT2D eigenvalue weighted by Gasteiger charge is -2.07. The van der Waals surface area contributed by atoms with Crippen molar-refractivity contribution in [1.29, 1.82) is 0 Å².